The predicted octanol–water partition coefficient (Wildman–Crippen LogP) is 4.26. The van der Waals surface area contributed by atoms with Gasteiger partial charge in [0.15, 0.2) is 0 Å². The fraction of sp³-hybridized carbons (Fsp3) is 0.519. The number of nitrogens with zero attached hydrogens (tertiary/aromatic N) is 4. The third kappa shape index (κ3) is 5.63. The summed E-state index contributed by atoms with van der Waals surface area (Å²) in [6.45, 7) is 5.68. The highest BCUT2D eigenvalue weighted by Gasteiger charge is 2.40. The number of halogens is 3. The number of aryl methyl sites for hydroxylation is 2. The standard InChI is InChI=1S/C27H32BrCl2N4O3/c1-17(35)31-6-4-18(5-7-31)12-24(36)32-8-10-33(11-9-32)27-25-19(14-22(29)15-23(25)30)2-3-20-13-21(28)16-34(37)26(20)27/h13-16,18,27,37H,2-12H2,1H3/q+1/t27-/m1/s1. The summed E-state index contributed by atoms with van der Waals surface area (Å²) in [5, 5.41) is 12.2. The van der Waals surface area contributed by atoms with E-state index in [1.807, 2.05) is 15.9 Å². The molecule has 1 aromatic carbocycles. The van der Waals surface area contributed by atoms with Crippen molar-refractivity contribution in [3.05, 3.63) is 61.3 Å². The van der Waals surface area contributed by atoms with E-state index in [0.717, 1.165) is 65.6 Å². The van der Waals surface area contributed by atoms with Gasteiger partial charge in [-0.1, -0.05) is 23.2 Å². The lowest BCUT2D eigenvalue weighted by Gasteiger charge is -2.39. The third-order valence-corrected chi connectivity index (χ3v) is 9.03. The minimum Gasteiger partial charge on any atom is -0.343 e. The largest absolute Gasteiger partial charge is 0.343 e. The van der Waals surface area contributed by atoms with Crippen LogP contribution in [-0.4, -0.2) is 71.0 Å². The van der Waals surface area contributed by atoms with Crippen LogP contribution in [0.1, 0.15) is 54.6 Å². The van der Waals surface area contributed by atoms with Crippen LogP contribution in [0.25, 0.3) is 0 Å². The summed E-state index contributed by atoms with van der Waals surface area (Å²) in [5.41, 5.74) is 3.93. The molecular weight excluding hydrogens is 579 g/mol. The van der Waals surface area contributed by atoms with Gasteiger partial charge in [0.05, 0.1) is 4.47 Å². The minimum absolute atomic E-state index is 0.112. The second-order valence-corrected chi connectivity index (χ2v) is 12.1. The number of pyridine rings is 1. The van der Waals surface area contributed by atoms with Gasteiger partial charge in [-0.25, -0.2) is 0 Å². The number of likely N-dealkylation sites (tertiary alicyclic amines) is 1. The summed E-state index contributed by atoms with van der Waals surface area (Å²) in [5.74, 6) is 0.632. The Balaban J connectivity index is 1.34. The zero-order valence-corrected chi connectivity index (χ0v) is 24.0. The molecule has 0 unspecified atom stereocenters. The summed E-state index contributed by atoms with van der Waals surface area (Å²) < 4.78 is 2.03. The highest BCUT2D eigenvalue weighted by Crippen LogP contribution is 2.41. The Morgan fingerprint density at radius 2 is 1.68 bits per heavy atom. The SMILES string of the molecule is CC(=O)N1CCC(CC(=O)N2CCN([C@@H]3c4c(Cl)cc(Cl)cc4CCc4cc(Br)c[n+](O)c43)CC2)CC1. The lowest BCUT2D eigenvalue weighted by atomic mass is 9.92. The van der Waals surface area contributed by atoms with Gasteiger partial charge in [0, 0.05) is 78.5 Å². The van der Waals surface area contributed by atoms with Crippen LogP contribution in [0.3, 0.4) is 0 Å². The first-order valence-electron chi connectivity index (χ1n) is 12.9. The lowest BCUT2D eigenvalue weighted by molar-refractivity contribution is -0.911. The maximum atomic E-state index is 13.1. The number of piperazine rings is 1. The van der Waals surface area contributed by atoms with Crippen molar-refractivity contribution >= 4 is 50.9 Å². The molecule has 0 bridgehead atoms. The number of carbonyl (C=O) groups is 2. The average molecular weight is 611 g/mol. The van der Waals surface area contributed by atoms with Crippen LogP contribution in [-0.2, 0) is 22.4 Å². The molecule has 0 spiro atoms. The maximum Gasteiger partial charge on any atom is 0.258 e. The van der Waals surface area contributed by atoms with Gasteiger partial charge in [0.1, 0.15) is 6.04 Å². The van der Waals surface area contributed by atoms with E-state index in [1.54, 1.807) is 19.2 Å². The molecule has 5 rings (SSSR count). The van der Waals surface area contributed by atoms with E-state index in [1.165, 1.54) is 4.73 Å². The molecule has 37 heavy (non-hydrogen) atoms. The molecule has 2 aliphatic heterocycles. The predicted molar refractivity (Wildman–Crippen MR) is 145 cm³/mol. The van der Waals surface area contributed by atoms with Gasteiger partial charge in [-0.2, -0.15) is 0 Å². The molecule has 2 fully saturated rings. The Labute approximate surface area is 236 Å². The Morgan fingerprint density at radius 3 is 2.35 bits per heavy atom. The molecule has 1 aromatic heterocycles. The molecule has 2 amide bonds. The van der Waals surface area contributed by atoms with Crippen molar-refractivity contribution in [1.82, 2.24) is 14.7 Å². The molecule has 10 heteroatoms. The van der Waals surface area contributed by atoms with Crippen molar-refractivity contribution in [2.75, 3.05) is 39.3 Å². The van der Waals surface area contributed by atoms with Crippen LogP contribution >= 0.6 is 39.1 Å². The van der Waals surface area contributed by atoms with Crippen molar-refractivity contribution < 1.29 is 19.5 Å². The fourth-order valence-corrected chi connectivity index (χ4v) is 7.19. The molecule has 0 saturated carbocycles. The molecular formula is C27H32BrCl2N4O3+. The van der Waals surface area contributed by atoms with Crippen LogP contribution in [0.15, 0.2) is 28.9 Å². The summed E-state index contributed by atoms with van der Waals surface area (Å²) in [4.78, 5) is 30.9. The second kappa shape index (κ2) is 11.1. The van der Waals surface area contributed by atoms with Crippen molar-refractivity contribution in [2.45, 2.75) is 45.1 Å². The van der Waals surface area contributed by atoms with E-state index >= 15 is 0 Å². The van der Waals surface area contributed by atoms with Crippen molar-refractivity contribution in [1.29, 1.82) is 0 Å². The van der Waals surface area contributed by atoms with Gasteiger partial charge in [-0.3, -0.25) is 19.7 Å². The van der Waals surface area contributed by atoms with Crippen LogP contribution in [0.5, 0.6) is 0 Å². The summed E-state index contributed by atoms with van der Waals surface area (Å²) >= 11 is 16.7. The number of amides is 2. The minimum atomic E-state index is -0.247. The van der Waals surface area contributed by atoms with Crippen LogP contribution < -0.4 is 4.73 Å². The Morgan fingerprint density at radius 1 is 1.00 bits per heavy atom. The Kier molecular flexibility index (Phi) is 8.01. The third-order valence-electron chi connectivity index (χ3n) is 8.06. The molecule has 198 valence electrons. The number of hydrogen-bond donors (Lipinski definition) is 1. The zero-order valence-electron chi connectivity index (χ0n) is 20.9. The van der Waals surface area contributed by atoms with Gasteiger partial charge in [-0.05, 0) is 71.3 Å². The van der Waals surface area contributed by atoms with Crippen LogP contribution in [0, 0.1) is 5.92 Å². The topological polar surface area (TPSA) is 68.0 Å². The highest BCUT2D eigenvalue weighted by atomic mass is 79.9. The van der Waals surface area contributed by atoms with Crippen LogP contribution in [0.2, 0.25) is 10.0 Å². The number of piperidine rings is 1. The normalized spacial score (nSPS) is 20.8. The first kappa shape index (κ1) is 26.7. The zero-order chi connectivity index (χ0) is 26.3. The van der Waals surface area contributed by atoms with Crippen molar-refractivity contribution in [3.63, 3.8) is 0 Å². The van der Waals surface area contributed by atoms with E-state index in [4.69, 9.17) is 23.2 Å². The number of hydrogen-bond acceptors (Lipinski definition) is 4. The second-order valence-electron chi connectivity index (χ2n) is 10.3. The molecule has 1 N–H and O–H groups in total. The number of fused-ring (bicyclic) bond motifs is 2. The van der Waals surface area contributed by atoms with Gasteiger partial charge in [0.25, 0.3) is 5.69 Å². The van der Waals surface area contributed by atoms with Gasteiger partial charge < -0.3 is 9.80 Å². The van der Waals surface area contributed by atoms with E-state index < -0.39 is 0 Å². The molecule has 7 nitrogen and oxygen atoms in total. The molecule has 1 atom stereocenters. The quantitative estimate of drug-likeness (QED) is 0.417. The van der Waals surface area contributed by atoms with Gasteiger partial charge in [0.2, 0.25) is 18.0 Å². The van der Waals surface area contributed by atoms with E-state index in [0.29, 0.717) is 48.6 Å². The molecule has 3 aliphatic rings. The van der Waals surface area contributed by atoms with E-state index in [-0.39, 0.29) is 17.9 Å². The number of benzene rings is 1. The molecule has 2 saturated heterocycles. The Bertz CT molecular complexity index is 1150. The molecule has 2 aromatic rings. The summed E-state index contributed by atoms with van der Waals surface area (Å²) in [6, 6.07) is 5.57. The summed E-state index contributed by atoms with van der Waals surface area (Å²) in [7, 11) is 0. The number of aromatic nitrogens is 1. The number of carbonyl (C=O) groups excluding carboxylic acids is 2. The average Bonchev–Trinajstić information content (AvgIpc) is 3.02. The van der Waals surface area contributed by atoms with E-state index in [2.05, 4.69) is 26.9 Å². The monoisotopic (exact) mass is 609 g/mol. The molecule has 3 heterocycles. The smallest absolute Gasteiger partial charge is 0.258 e. The lowest BCUT2D eigenvalue weighted by Crippen LogP contribution is -2.52. The highest BCUT2D eigenvalue weighted by molar-refractivity contribution is 9.10. The summed E-state index contributed by atoms with van der Waals surface area (Å²) in [6.07, 6.45) is 5.50. The van der Waals surface area contributed by atoms with Crippen LogP contribution in [0.4, 0.5) is 0 Å². The first-order chi connectivity index (χ1) is 17.7. The van der Waals surface area contributed by atoms with Gasteiger partial charge >= 0.3 is 0 Å². The fourth-order valence-electron chi connectivity index (χ4n) is 6.08. The van der Waals surface area contributed by atoms with Crippen molar-refractivity contribution in [3.8, 4) is 0 Å². The van der Waals surface area contributed by atoms with E-state index in [9.17, 15) is 14.8 Å². The molecule has 0 radical (unpaired) electrons. The van der Waals surface area contributed by atoms with Crippen molar-refractivity contribution in [2.24, 2.45) is 5.92 Å². The van der Waals surface area contributed by atoms with Gasteiger partial charge in [-0.15, -0.1) is 0 Å². The number of rotatable bonds is 3. The maximum absolute atomic E-state index is 13.1. The Hall–Kier alpha value is -1.87. The first-order valence-corrected chi connectivity index (χ1v) is 14.4. The molecule has 1 aliphatic carbocycles.